The molecule has 0 saturated carbocycles. The maximum absolute atomic E-state index is 15.0. The molecule has 1 fully saturated rings. The quantitative estimate of drug-likeness (QED) is 0.227. The number of para-hydroxylation sites is 1. The van der Waals surface area contributed by atoms with Gasteiger partial charge in [-0.05, 0) is 25.1 Å². The van der Waals surface area contributed by atoms with Crippen LogP contribution in [-0.4, -0.2) is 75.7 Å². The normalized spacial score (nSPS) is 13.7. The molecule has 1 saturated heterocycles. The van der Waals surface area contributed by atoms with Crippen LogP contribution in [0.15, 0.2) is 67.1 Å². The van der Waals surface area contributed by atoms with Gasteiger partial charge in [-0.2, -0.15) is 5.10 Å². The predicted octanol–water partition coefficient (Wildman–Crippen LogP) is 5.07. The van der Waals surface area contributed by atoms with Crippen molar-refractivity contribution < 1.29 is 23.0 Å². The van der Waals surface area contributed by atoms with Crippen molar-refractivity contribution in [2.45, 2.75) is 13.5 Å². The summed E-state index contributed by atoms with van der Waals surface area (Å²) in [5.74, 6) is 0.00446. The molecule has 12 heteroatoms. The molecule has 1 N–H and O–H groups in total. The van der Waals surface area contributed by atoms with Crippen molar-refractivity contribution in [2.24, 2.45) is 0 Å². The average Bonchev–Trinajstić information content (AvgIpc) is 3.39. The molecule has 0 atom stereocenters. The number of aromatic nitrogens is 5. The molecule has 0 unspecified atom stereocenters. The van der Waals surface area contributed by atoms with Gasteiger partial charge in [0.05, 0.1) is 38.1 Å². The Bertz CT molecular complexity index is 1670. The summed E-state index contributed by atoms with van der Waals surface area (Å²) in [5, 5.41) is 8.77. The Kier molecular flexibility index (Phi) is 8.66. The standard InChI is InChI=1S/C31H31F2N7O3/c1-2-42-22-17-25(32)24(26(33)18-22)20-40-27-6-4-3-5-23(27)29(38-40)31-35-19-28(43-16-13-39-11-14-41-15-12-39)30(37-31)36-21-7-9-34-10-8-21/h3-10,17-19H,2,11-16,20H2,1H3,(H,34,35,36,37). The molecule has 222 valence electrons. The van der Waals surface area contributed by atoms with E-state index in [1.54, 1.807) is 30.2 Å². The lowest BCUT2D eigenvalue weighted by Gasteiger charge is -2.26. The number of hydrogen-bond acceptors (Lipinski definition) is 9. The second-order valence-corrected chi connectivity index (χ2v) is 9.89. The number of pyridine rings is 1. The number of fused-ring (bicyclic) bond motifs is 1. The number of anilines is 2. The van der Waals surface area contributed by atoms with Crippen LogP contribution in [0.5, 0.6) is 11.5 Å². The van der Waals surface area contributed by atoms with Gasteiger partial charge in [0.1, 0.15) is 29.7 Å². The molecule has 10 nitrogen and oxygen atoms in total. The van der Waals surface area contributed by atoms with Gasteiger partial charge in [-0.1, -0.05) is 18.2 Å². The molecule has 1 aliphatic rings. The number of halogens is 2. The van der Waals surface area contributed by atoms with Crippen molar-refractivity contribution in [2.75, 3.05) is 51.4 Å². The van der Waals surface area contributed by atoms with E-state index >= 15 is 0 Å². The molecular weight excluding hydrogens is 556 g/mol. The number of nitrogens with zero attached hydrogens (tertiary/aromatic N) is 6. The van der Waals surface area contributed by atoms with Crippen molar-refractivity contribution in [3.05, 3.63) is 84.3 Å². The minimum absolute atomic E-state index is 0.117. The van der Waals surface area contributed by atoms with Gasteiger partial charge in [0.25, 0.3) is 0 Å². The van der Waals surface area contributed by atoms with Crippen molar-refractivity contribution in [1.29, 1.82) is 0 Å². The Morgan fingerprint density at radius 2 is 1.77 bits per heavy atom. The SMILES string of the molecule is CCOc1cc(F)c(Cn2nc(-c3ncc(OCCN4CCOCC4)c(Nc4ccncc4)n3)c3ccccc32)c(F)c1. The molecule has 0 radical (unpaired) electrons. The summed E-state index contributed by atoms with van der Waals surface area (Å²) in [5.41, 5.74) is 1.81. The molecule has 0 bridgehead atoms. The maximum atomic E-state index is 15.0. The summed E-state index contributed by atoms with van der Waals surface area (Å²) < 4.78 is 48.3. The third kappa shape index (κ3) is 6.55. The van der Waals surface area contributed by atoms with E-state index in [2.05, 4.69) is 20.2 Å². The van der Waals surface area contributed by atoms with Crippen molar-refractivity contribution in [3.63, 3.8) is 0 Å². The lowest BCUT2D eigenvalue weighted by molar-refractivity contribution is 0.0322. The lowest BCUT2D eigenvalue weighted by atomic mass is 10.1. The third-order valence-electron chi connectivity index (χ3n) is 7.07. The molecule has 0 amide bonds. The number of rotatable bonds is 11. The van der Waals surface area contributed by atoms with Crippen molar-refractivity contribution >= 4 is 22.4 Å². The predicted molar refractivity (Wildman–Crippen MR) is 158 cm³/mol. The van der Waals surface area contributed by atoms with Gasteiger partial charge in [-0.3, -0.25) is 14.6 Å². The molecule has 2 aromatic carbocycles. The number of benzene rings is 2. The van der Waals surface area contributed by atoms with Crippen LogP contribution in [0.2, 0.25) is 0 Å². The van der Waals surface area contributed by atoms with Gasteiger partial charge in [-0.15, -0.1) is 0 Å². The Hall–Kier alpha value is -4.68. The molecule has 0 aliphatic carbocycles. The summed E-state index contributed by atoms with van der Waals surface area (Å²) >= 11 is 0. The fraction of sp³-hybridized carbons (Fsp3) is 0.290. The molecule has 3 aromatic heterocycles. The van der Waals surface area contributed by atoms with E-state index in [-0.39, 0.29) is 17.9 Å². The van der Waals surface area contributed by atoms with Gasteiger partial charge >= 0.3 is 0 Å². The van der Waals surface area contributed by atoms with Gasteiger partial charge in [0.2, 0.25) is 0 Å². The Morgan fingerprint density at radius 1 is 1.00 bits per heavy atom. The first-order valence-corrected chi connectivity index (χ1v) is 14.1. The van der Waals surface area contributed by atoms with E-state index in [1.165, 1.54) is 12.1 Å². The fourth-order valence-electron chi connectivity index (χ4n) is 4.91. The first-order chi connectivity index (χ1) is 21.1. The topological polar surface area (TPSA) is 99.5 Å². The molecule has 5 aromatic rings. The number of hydrogen-bond donors (Lipinski definition) is 1. The van der Waals surface area contributed by atoms with Crippen LogP contribution in [-0.2, 0) is 11.3 Å². The molecule has 4 heterocycles. The minimum atomic E-state index is -0.705. The van der Waals surface area contributed by atoms with Crippen LogP contribution >= 0.6 is 0 Å². The van der Waals surface area contributed by atoms with Gasteiger partial charge in [-0.25, -0.2) is 18.7 Å². The summed E-state index contributed by atoms with van der Waals surface area (Å²) in [6, 6.07) is 13.5. The summed E-state index contributed by atoms with van der Waals surface area (Å²) in [6.07, 6.45) is 4.97. The number of morpholine rings is 1. The van der Waals surface area contributed by atoms with Gasteiger partial charge in [0.15, 0.2) is 17.4 Å². The average molecular weight is 588 g/mol. The molecule has 43 heavy (non-hydrogen) atoms. The van der Waals surface area contributed by atoms with Crippen LogP contribution in [0.1, 0.15) is 12.5 Å². The van der Waals surface area contributed by atoms with Crippen LogP contribution in [0.4, 0.5) is 20.3 Å². The van der Waals surface area contributed by atoms with E-state index in [1.807, 2.05) is 36.4 Å². The van der Waals surface area contributed by atoms with Crippen molar-refractivity contribution in [3.8, 4) is 23.0 Å². The van der Waals surface area contributed by atoms with Gasteiger partial charge < -0.3 is 19.5 Å². The summed E-state index contributed by atoms with van der Waals surface area (Å²) in [7, 11) is 0. The van der Waals surface area contributed by atoms with Crippen molar-refractivity contribution in [1.82, 2.24) is 29.6 Å². The zero-order chi connectivity index (χ0) is 29.6. The monoisotopic (exact) mass is 587 g/mol. The van der Waals surface area contributed by atoms with Crippen LogP contribution in [0, 0.1) is 11.6 Å². The second-order valence-electron chi connectivity index (χ2n) is 9.89. The molecule has 6 rings (SSSR count). The number of ether oxygens (including phenoxy) is 3. The zero-order valence-electron chi connectivity index (χ0n) is 23.7. The highest BCUT2D eigenvalue weighted by Crippen LogP contribution is 2.32. The van der Waals surface area contributed by atoms with Crippen LogP contribution in [0.25, 0.3) is 22.4 Å². The van der Waals surface area contributed by atoms with Crippen LogP contribution < -0.4 is 14.8 Å². The summed E-state index contributed by atoms with van der Waals surface area (Å²) in [4.78, 5) is 15.8. The smallest absolute Gasteiger partial charge is 0.183 e. The third-order valence-corrected chi connectivity index (χ3v) is 7.07. The summed E-state index contributed by atoms with van der Waals surface area (Å²) in [6.45, 7) is 6.28. The Balaban J connectivity index is 1.32. The highest BCUT2D eigenvalue weighted by atomic mass is 19.1. The van der Waals surface area contributed by atoms with E-state index in [4.69, 9.17) is 24.3 Å². The zero-order valence-corrected chi connectivity index (χ0v) is 23.7. The lowest BCUT2D eigenvalue weighted by Crippen LogP contribution is -2.38. The Labute approximate surface area is 247 Å². The first-order valence-electron chi connectivity index (χ1n) is 14.1. The molecule has 0 spiro atoms. The van der Waals surface area contributed by atoms with E-state index in [0.29, 0.717) is 55.0 Å². The second kappa shape index (κ2) is 13.1. The largest absolute Gasteiger partial charge is 0.494 e. The van der Waals surface area contributed by atoms with E-state index < -0.39 is 11.6 Å². The highest BCUT2D eigenvalue weighted by Gasteiger charge is 2.20. The fourth-order valence-corrected chi connectivity index (χ4v) is 4.91. The number of nitrogens with one attached hydrogen (secondary N) is 1. The van der Waals surface area contributed by atoms with Crippen LogP contribution in [0.3, 0.4) is 0 Å². The van der Waals surface area contributed by atoms with E-state index in [9.17, 15) is 8.78 Å². The molecule has 1 aliphatic heterocycles. The first kappa shape index (κ1) is 28.4. The molecular formula is C31H31F2N7O3. The minimum Gasteiger partial charge on any atom is -0.494 e. The maximum Gasteiger partial charge on any atom is 0.183 e. The highest BCUT2D eigenvalue weighted by molar-refractivity contribution is 5.92. The Morgan fingerprint density at radius 3 is 2.53 bits per heavy atom. The van der Waals surface area contributed by atoms with E-state index in [0.717, 1.165) is 30.7 Å². The van der Waals surface area contributed by atoms with Gasteiger partial charge in [0, 0.05) is 60.8 Å².